The molecule has 0 aliphatic rings. The monoisotopic (exact) mass is 238 g/mol. The summed E-state index contributed by atoms with van der Waals surface area (Å²) in [6.45, 7) is 3.77. The molecule has 0 radical (unpaired) electrons. The zero-order valence-electron chi connectivity index (χ0n) is 10.4. The van der Waals surface area contributed by atoms with Crippen LogP contribution in [0.3, 0.4) is 0 Å². The maximum Gasteiger partial charge on any atom is 0.376 e. The number of carbonyl (C=O) groups excluding carboxylic acids is 1. The zero-order chi connectivity index (χ0) is 12.7. The Kier molecular flexibility index (Phi) is 5.49. The minimum Gasteiger partial charge on any atom is -0.458 e. The number of benzene rings is 1. The number of hydrogen-bond acceptors (Lipinski definition) is 4. The van der Waals surface area contributed by atoms with Gasteiger partial charge in [0.25, 0.3) is 6.29 Å². The third-order valence-electron chi connectivity index (χ3n) is 2.29. The number of rotatable bonds is 6. The van der Waals surface area contributed by atoms with Crippen molar-refractivity contribution in [1.29, 1.82) is 0 Å². The molecule has 0 saturated heterocycles. The third kappa shape index (κ3) is 4.44. The number of hydrogen-bond donors (Lipinski definition) is 0. The minimum atomic E-state index is -1.02. The SMILES string of the molecule is CCC(C)OC(=O)C(OC)Oc1ccccc1. The van der Waals surface area contributed by atoms with Crippen LogP contribution in [0.2, 0.25) is 0 Å². The molecule has 0 fully saturated rings. The van der Waals surface area contributed by atoms with Crippen LogP contribution in [0.1, 0.15) is 20.3 Å². The summed E-state index contributed by atoms with van der Waals surface area (Å²) in [7, 11) is 1.41. The summed E-state index contributed by atoms with van der Waals surface area (Å²) < 4.78 is 15.5. The van der Waals surface area contributed by atoms with E-state index in [1.54, 1.807) is 12.1 Å². The van der Waals surface area contributed by atoms with Gasteiger partial charge in [-0.15, -0.1) is 0 Å². The highest BCUT2D eigenvalue weighted by molar-refractivity contribution is 5.73. The Balaban J connectivity index is 2.56. The molecule has 1 rings (SSSR count). The highest BCUT2D eigenvalue weighted by Gasteiger charge is 2.23. The van der Waals surface area contributed by atoms with Crippen molar-refractivity contribution in [3.05, 3.63) is 30.3 Å². The van der Waals surface area contributed by atoms with Crippen molar-refractivity contribution in [2.75, 3.05) is 7.11 Å². The summed E-state index contributed by atoms with van der Waals surface area (Å²) in [5.74, 6) is 0.0613. The van der Waals surface area contributed by atoms with Gasteiger partial charge >= 0.3 is 5.97 Å². The van der Waals surface area contributed by atoms with E-state index in [2.05, 4.69) is 0 Å². The summed E-state index contributed by atoms with van der Waals surface area (Å²) >= 11 is 0. The van der Waals surface area contributed by atoms with Crippen molar-refractivity contribution in [3.8, 4) is 5.75 Å². The third-order valence-corrected chi connectivity index (χ3v) is 2.29. The molecule has 0 heterocycles. The van der Waals surface area contributed by atoms with Gasteiger partial charge in [0, 0.05) is 7.11 Å². The Bertz CT molecular complexity index is 337. The van der Waals surface area contributed by atoms with Gasteiger partial charge in [-0.1, -0.05) is 25.1 Å². The summed E-state index contributed by atoms with van der Waals surface area (Å²) in [5, 5.41) is 0. The second-order valence-electron chi connectivity index (χ2n) is 3.65. The topological polar surface area (TPSA) is 44.8 Å². The molecule has 17 heavy (non-hydrogen) atoms. The molecule has 4 heteroatoms. The molecule has 0 aliphatic heterocycles. The summed E-state index contributed by atoms with van der Waals surface area (Å²) in [6.07, 6.45) is -0.404. The van der Waals surface area contributed by atoms with E-state index < -0.39 is 12.3 Å². The minimum absolute atomic E-state index is 0.139. The van der Waals surface area contributed by atoms with Crippen LogP contribution in [-0.2, 0) is 14.3 Å². The van der Waals surface area contributed by atoms with Crippen LogP contribution in [0.5, 0.6) is 5.75 Å². The molecule has 1 aromatic carbocycles. The fourth-order valence-electron chi connectivity index (χ4n) is 1.15. The highest BCUT2D eigenvalue weighted by atomic mass is 16.7. The van der Waals surface area contributed by atoms with Crippen molar-refractivity contribution >= 4 is 5.97 Å². The van der Waals surface area contributed by atoms with Gasteiger partial charge in [0.05, 0.1) is 6.10 Å². The molecule has 2 unspecified atom stereocenters. The average molecular weight is 238 g/mol. The lowest BCUT2D eigenvalue weighted by Crippen LogP contribution is -2.33. The van der Waals surface area contributed by atoms with Crippen LogP contribution in [0.25, 0.3) is 0 Å². The van der Waals surface area contributed by atoms with Gasteiger partial charge in [0.15, 0.2) is 0 Å². The maximum absolute atomic E-state index is 11.7. The molecule has 0 aliphatic carbocycles. The van der Waals surface area contributed by atoms with Gasteiger partial charge in [0.1, 0.15) is 5.75 Å². The van der Waals surface area contributed by atoms with Crippen LogP contribution in [-0.4, -0.2) is 25.5 Å². The Morgan fingerprint density at radius 1 is 1.29 bits per heavy atom. The van der Waals surface area contributed by atoms with Crippen LogP contribution >= 0.6 is 0 Å². The van der Waals surface area contributed by atoms with Gasteiger partial charge < -0.3 is 14.2 Å². The normalized spacial score (nSPS) is 13.8. The molecule has 0 aromatic heterocycles. The number of methoxy groups -OCH3 is 1. The first-order valence-corrected chi connectivity index (χ1v) is 5.62. The van der Waals surface area contributed by atoms with Gasteiger partial charge in [-0.25, -0.2) is 4.79 Å². The molecule has 0 bridgehead atoms. The standard InChI is InChI=1S/C13H18O4/c1-4-10(2)16-12(14)13(15-3)17-11-8-6-5-7-9-11/h5-10,13H,4H2,1-3H3. The maximum atomic E-state index is 11.7. The number of ether oxygens (including phenoxy) is 3. The molecule has 4 nitrogen and oxygen atoms in total. The van der Waals surface area contributed by atoms with Crippen LogP contribution < -0.4 is 4.74 Å². The Morgan fingerprint density at radius 2 is 1.94 bits per heavy atom. The Morgan fingerprint density at radius 3 is 2.47 bits per heavy atom. The van der Waals surface area contributed by atoms with Gasteiger partial charge in [0.2, 0.25) is 0 Å². The summed E-state index contributed by atoms with van der Waals surface area (Å²) in [4.78, 5) is 11.7. The first-order valence-electron chi connectivity index (χ1n) is 5.62. The van der Waals surface area contributed by atoms with Gasteiger partial charge in [-0.05, 0) is 25.5 Å². The van der Waals surface area contributed by atoms with E-state index in [9.17, 15) is 4.79 Å². The molecular weight excluding hydrogens is 220 g/mol. The van der Waals surface area contributed by atoms with Crippen molar-refractivity contribution in [2.24, 2.45) is 0 Å². The quantitative estimate of drug-likeness (QED) is 0.564. The lowest BCUT2D eigenvalue weighted by molar-refractivity contribution is -0.178. The number of esters is 1. The molecule has 0 amide bonds. The average Bonchev–Trinajstić information content (AvgIpc) is 2.36. The lowest BCUT2D eigenvalue weighted by atomic mass is 10.3. The molecule has 0 saturated carbocycles. The van der Waals surface area contributed by atoms with E-state index in [-0.39, 0.29) is 6.10 Å². The Labute approximate surface area is 101 Å². The van der Waals surface area contributed by atoms with Gasteiger partial charge in [-0.2, -0.15) is 0 Å². The van der Waals surface area contributed by atoms with E-state index in [0.717, 1.165) is 6.42 Å². The van der Waals surface area contributed by atoms with E-state index in [1.807, 2.05) is 32.0 Å². The highest BCUT2D eigenvalue weighted by Crippen LogP contribution is 2.12. The molecule has 1 aromatic rings. The molecule has 2 atom stereocenters. The number of para-hydroxylation sites is 1. The summed E-state index contributed by atoms with van der Waals surface area (Å²) in [6, 6.07) is 9.02. The fraction of sp³-hybridized carbons (Fsp3) is 0.462. The van der Waals surface area contributed by atoms with Crippen molar-refractivity contribution in [3.63, 3.8) is 0 Å². The van der Waals surface area contributed by atoms with Crippen molar-refractivity contribution < 1.29 is 19.0 Å². The molecule has 94 valence electrons. The van der Waals surface area contributed by atoms with Crippen LogP contribution in [0.15, 0.2) is 30.3 Å². The van der Waals surface area contributed by atoms with Crippen molar-refractivity contribution in [1.82, 2.24) is 0 Å². The van der Waals surface area contributed by atoms with E-state index in [0.29, 0.717) is 5.75 Å². The second kappa shape index (κ2) is 6.91. The first kappa shape index (κ1) is 13.5. The molecule has 0 spiro atoms. The van der Waals surface area contributed by atoms with Crippen molar-refractivity contribution in [2.45, 2.75) is 32.7 Å². The van der Waals surface area contributed by atoms with Gasteiger partial charge in [-0.3, -0.25) is 0 Å². The summed E-state index contributed by atoms with van der Waals surface area (Å²) in [5.41, 5.74) is 0. The van der Waals surface area contributed by atoms with Crippen LogP contribution in [0, 0.1) is 0 Å². The lowest BCUT2D eigenvalue weighted by Gasteiger charge is -2.18. The van der Waals surface area contributed by atoms with E-state index >= 15 is 0 Å². The van der Waals surface area contributed by atoms with E-state index in [1.165, 1.54) is 7.11 Å². The molecule has 0 N–H and O–H groups in total. The Hall–Kier alpha value is -1.55. The largest absolute Gasteiger partial charge is 0.458 e. The molecular formula is C13H18O4. The zero-order valence-corrected chi connectivity index (χ0v) is 10.4. The smallest absolute Gasteiger partial charge is 0.376 e. The second-order valence-corrected chi connectivity index (χ2v) is 3.65. The predicted molar refractivity (Wildman–Crippen MR) is 63.7 cm³/mol. The number of carbonyl (C=O) groups is 1. The first-order chi connectivity index (χ1) is 8.17. The van der Waals surface area contributed by atoms with Crippen LogP contribution in [0.4, 0.5) is 0 Å². The van der Waals surface area contributed by atoms with E-state index in [4.69, 9.17) is 14.2 Å². The predicted octanol–water partition coefficient (Wildman–Crippen LogP) is 2.38. The fourth-order valence-corrected chi connectivity index (χ4v) is 1.15.